The van der Waals surface area contributed by atoms with E-state index in [1.807, 2.05) is 0 Å². The molecule has 19 rings (SSSR count). The molecule has 2 aliphatic heterocycles. The maximum Gasteiger partial charge on any atom is 0.260 e. The van der Waals surface area contributed by atoms with Gasteiger partial charge in [0, 0.05) is 21.9 Å². The van der Waals surface area contributed by atoms with Gasteiger partial charge in [-0.15, -0.1) is 0 Å². The fourth-order valence-corrected chi connectivity index (χ4v) is 16.1. The second kappa shape index (κ2) is 14.9. The summed E-state index contributed by atoms with van der Waals surface area (Å²) in [5.41, 5.74) is -7.09. The smallest absolute Gasteiger partial charge is 0.260 e. The van der Waals surface area contributed by atoms with Gasteiger partial charge in [-0.1, -0.05) is 121 Å². The van der Waals surface area contributed by atoms with E-state index in [-0.39, 0.29) is 86.2 Å². The van der Waals surface area contributed by atoms with Crippen LogP contribution in [-0.2, 0) is 10.8 Å². The van der Waals surface area contributed by atoms with E-state index < -0.39 is 247 Å². The Hall–Kier alpha value is -6.78. The highest BCUT2D eigenvalue weighted by Crippen LogP contribution is 2.63. The van der Waals surface area contributed by atoms with E-state index in [4.69, 9.17) is 25.9 Å². The van der Waals surface area contributed by atoms with Crippen molar-refractivity contribution in [3.05, 3.63) is 180 Å². The van der Waals surface area contributed by atoms with Gasteiger partial charge in [0.05, 0.1) is 49.4 Å². The molecule has 0 N–H and O–H groups in total. The van der Waals surface area contributed by atoms with Gasteiger partial charge in [-0.05, 0) is 227 Å². The largest absolute Gasteiger partial charge is 0.458 e. The zero-order valence-corrected chi connectivity index (χ0v) is 38.8. The van der Waals surface area contributed by atoms with Crippen LogP contribution in [0.25, 0.3) is 60.9 Å². The van der Waals surface area contributed by atoms with Crippen LogP contribution in [-0.4, -0.2) is 11.3 Å². The van der Waals surface area contributed by atoms with Crippen molar-refractivity contribution in [3.8, 4) is 62.1 Å². The van der Waals surface area contributed by atoms with E-state index in [1.165, 1.54) is 0 Å². The Morgan fingerprint density at radius 2 is 0.792 bits per heavy atom. The molecule has 72 heavy (non-hydrogen) atoms. The Bertz CT molecular complexity index is 5030. The third-order valence-corrected chi connectivity index (χ3v) is 18.0. The molecule has 0 saturated heterocycles. The predicted octanol–water partition coefficient (Wildman–Crippen LogP) is 15.4. The zero-order valence-electron chi connectivity index (χ0n) is 66.8. The molecule has 8 bridgehead atoms. The lowest BCUT2D eigenvalue weighted by molar-refractivity contribution is -0.00505. The first-order valence-electron chi connectivity index (χ1n) is 39.3. The summed E-state index contributed by atoms with van der Waals surface area (Å²) in [6, 6.07) is -20.9. The first-order chi connectivity index (χ1) is 47.2. The molecule has 8 aromatic carbocycles. The van der Waals surface area contributed by atoms with Crippen LogP contribution in [0.15, 0.2) is 169 Å². The summed E-state index contributed by atoms with van der Waals surface area (Å²) in [5.74, 6) is -1.12. The molecule has 8 aliphatic carbocycles. The van der Waals surface area contributed by atoms with Crippen molar-refractivity contribution in [2.45, 2.75) is 87.9 Å². The fraction of sp³-hybridized carbons (Fsp3) is 0.294. The third-order valence-electron chi connectivity index (χ3n) is 18.0. The van der Waals surface area contributed by atoms with E-state index in [0.717, 1.165) is 43.1 Å². The Morgan fingerprint density at radius 3 is 1.25 bits per heavy atom. The number of aromatic nitrogens is 1. The molecule has 0 amide bonds. The molecule has 1 aromatic heterocycles. The zero-order chi connectivity index (χ0) is 71.2. The molecule has 9 aromatic rings. The average molecular weight is 960 g/mol. The highest BCUT2D eigenvalue weighted by molar-refractivity contribution is 6.98. The summed E-state index contributed by atoms with van der Waals surface area (Å²) >= 11 is 0. The summed E-state index contributed by atoms with van der Waals surface area (Å²) in [5, 5.41) is -0.865. The van der Waals surface area contributed by atoms with Crippen molar-refractivity contribution in [3.63, 3.8) is 0 Å². The molecule has 0 spiro atoms. The standard InChI is InChI=1S/C68H58BNO2/c1-5-13-56(67-35-41-25-42(36-67)27-43(26-41)37-67)52(9-1)48-19-23-58-62(31-48)71-64-33-50(47-17-21-51(22-18-47)70-60-15-7-3-11-54(60)55-12-4-8-16-61(55)70)34-65-66(64)69(58)59-24-20-49(32-63(59)72-65)53-10-2-6-14-57(53)68-38-44-28-45(39-68)30-46(29-44)40-68/h1-24,31-34,41-46H,25-30,35-40H2/i1D,2D,3D,4D,5D,6D,7D,8D,9D,10D,11D,12D,13D,14D,15D,16D,17D,18D,19D,20D,21D,22D,23D,24D,31D,32D,33D,34D. The summed E-state index contributed by atoms with van der Waals surface area (Å²) in [6.45, 7) is -1.80. The van der Waals surface area contributed by atoms with Crippen LogP contribution in [0.3, 0.4) is 0 Å². The van der Waals surface area contributed by atoms with Gasteiger partial charge in [-0.25, -0.2) is 0 Å². The van der Waals surface area contributed by atoms with E-state index in [2.05, 4.69) is 0 Å². The number of hydrogen-bond acceptors (Lipinski definition) is 2. The van der Waals surface area contributed by atoms with Gasteiger partial charge in [0.25, 0.3) is 6.71 Å². The van der Waals surface area contributed by atoms with Gasteiger partial charge in [0.2, 0.25) is 0 Å². The van der Waals surface area contributed by atoms with E-state index in [0.29, 0.717) is 38.5 Å². The van der Waals surface area contributed by atoms with Gasteiger partial charge in [0.15, 0.2) is 0 Å². The summed E-state index contributed by atoms with van der Waals surface area (Å²) in [6.07, 6.45) is 9.00. The summed E-state index contributed by atoms with van der Waals surface area (Å²) in [7, 11) is 0. The molecule has 0 unspecified atom stereocenters. The van der Waals surface area contributed by atoms with Crippen molar-refractivity contribution in [2.75, 3.05) is 0 Å². The summed E-state index contributed by atoms with van der Waals surface area (Å²) < 4.78 is 282. The van der Waals surface area contributed by atoms with Gasteiger partial charge in [0.1, 0.15) is 23.0 Å². The number of nitrogens with zero attached hydrogens (tertiary/aromatic N) is 1. The number of ether oxygens (including phenoxy) is 2. The Balaban J connectivity index is 0.957. The molecule has 10 aliphatic rings. The fourth-order valence-electron chi connectivity index (χ4n) is 16.1. The van der Waals surface area contributed by atoms with Crippen LogP contribution < -0.4 is 25.9 Å². The number of benzene rings is 8. The monoisotopic (exact) mass is 960 g/mol. The lowest BCUT2D eigenvalue weighted by atomic mass is 9.34. The van der Waals surface area contributed by atoms with Gasteiger partial charge < -0.3 is 14.0 Å². The third kappa shape index (κ3) is 5.93. The molecule has 3 heterocycles. The second-order valence-electron chi connectivity index (χ2n) is 22.2. The second-order valence-corrected chi connectivity index (χ2v) is 22.2. The Labute approximate surface area is 462 Å². The molecule has 3 nitrogen and oxygen atoms in total. The minimum atomic E-state index is -1.80. The van der Waals surface area contributed by atoms with Gasteiger partial charge >= 0.3 is 0 Å². The van der Waals surface area contributed by atoms with Crippen molar-refractivity contribution < 1.29 is 47.9 Å². The van der Waals surface area contributed by atoms with Crippen LogP contribution >= 0.6 is 0 Å². The molecular formula is C68H58BNO2. The van der Waals surface area contributed by atoms with Crippen LogP contribution in [0.5, 0.6) is 23.0 Å². The topological polar surface area (TPSA) is 23.4 Å². The van der Waals surface area contributed by atoms with Crippen molar-refractivity contribution in [1.82, 2.24) is 4.57 Å². The van der Waals surface area contributed by atoms with Gasteiger partial charge in [-0.2, -0.15) is 0 Å². The number of para-hydroxylation sites is 2. The number of hydrogen-bond donors (Lipinski definition) is 0. The van der Waals surface area contributed by atoms with Crippen LogP contribution in [0.2, 0.25) is 0 Å². The highest BCUT2D eigenvalue weighted by Gasteiger charge is 2.54. The molecule has 0 atom stereocenters. The Morgan fingerprint density at radius 1 is 0.403 bits per heavy atom. The lowest BCUT2D eigenvalue weighted by Crippen LogP contribution is -2.57. The van der Waals surface area contributed by atoms with Crippen molar-refractivity contribution in [2.24, 2.45) is 35.5 Å². The number of fused-ring (bicyclic) bond motifs is 7. The van der Waals surface area contributed by atoms with E-state index in [1.54, 1.807) is 0 Å². The maximum absolute atomic E-state index is 10.4. The van der Waals surface area contributed by atoms with Crippen LogP contribution in [0, 0.1) is 35.5 Å². The summed E-state index contributed by atoms with van der Waals surface area (Å²) in [4.78, 5) is 0. The molecule has 4 heteroatoms. The van der Waals surface area contributed by atoms with Crippen LogP contribution in [0.1, 0.15) is 127 Å². The predicted molar refractivity (Wildman–Crippen MR) is 294 cm³/mol. The van der Waals surface area contributed by atoms with Crippen molar-refractivity contribution in [1.29, 1.82) is 0 Å². The maximum atomic E-state index is 10.4. The molecule has 8 fully saturated rings. The first-order valence-corrected chi connectivity index (χ1v) is 25.3. The average Bonchev–Trinajstić information content (AvgIpc) is 0.875. The minimum absolute atomic E-state index is 0.190. The normalized spacial score (nSPS) is 33.1. The lowest BCUT2D eigenvalue weighted by Gasteiger charge is -2.57. The van der Waals surface area contributed by atoms with Crippen LogP contribution in [0.4, 0.5) is 0 Å². The quantitative estimate of drug-likeness (QED) is 0.155. The molecule has 350 valence electrons. The van der Waals surface area contributed by atoms with Crippen molar-refractivity contribution >= 4 is 44.9 Å². The molecule has 0 radical (unpaired) electrons. The molecular weight excluding hydrogens is 874 g/mol. The highest BCUT2D eigenvalue weighted by atomic mass is 16.5. The first kappa shape index (κ1) is 22.6. The number of rotatable bonds is 6. The Kier molecular flexibility index (Phi) is 4.67. The van der Waals surface area contributed by atoms with E-state index >= 15 is 0 Å². The minimum Gasteiger partial charge on any atom is -0.458 e. The SMILES string of the molecule is [2H]c1c([2H])c([2H])c(C23CC4CC(CC(C4)C2)C3)c(-c2c([2H])c([2H])c3c(c2[2H])Oc2c([2H])c(-c4c([2H])c([2H])c(-n5c6c([2H])c([2H])c([2H])c([2H])c6c6c([2H])c([2H])c([2H])c([2H])c65)c([2H])c4[2H])c([2H])c4c2B3c2c([2H])c([2H])c(-c3c([2H])c([2H])c([2H])c([2H])c3C35CC6CC(CC(C6)C3)C5)c([2H])c2O4)c1[2H]. The van der Waals surface area contributed by atoms with Gasteiger partial charge in [-0.3, -0.25) is 0 Å². The van der Waals surface area contributed by atoms with E-state index in [9.17, 15) is 21.9 Å². The molecule has 8 saturated carbocycles.